The van der Waals surface area contributed by atoms with Crippen LogP contribution in [0.3, 0.4) is 0 Å². The van der Waals surface area contributed by atoms with Gasteiger partial charge >= 0.3 is 0 Å². The van der Waals surface area contributed by atoms with Gasteiger partial charge in [-0.3, -0.25) is 9.59 Å². The predicted octanol–water partition coefficient (Wildman–Crippen LogP) is 1.55. The molecular formula is C16H20N2O3. The molecule has 1 saturated heterocycles. The largest absolute Gasteiger partial charge is 0.508 e. The molecule has 0 aromatic heterocycles. The van der Waals surface area contributed by atoms with Crippen LogP contribution in [-0.2, 0) is 16.1 Å². The average Bonchev–Trinajstić information content (AvgIpc) is 2.49. The van der Waals surface area contributed by atoms with Crippen LogP contribution in [0.2, 0.25) is 0 Å². The second-order valence-electron chi connectivity index (χ2n) is 5.92. The number of phenolic OH excluding ortho intramolecular Hbond substituents is 1. The summed E-state index contributed by atoms with van der Waals surface area (Å²) in [6, 6.07) is 6.88. The average molecular weight is 288 g/mol. The number of amides is 2. The molecular weight excluding hydrogens is 268 g/mol. The van der Waals surface area contributed by atoms with Crippen LogP contribution in [-0.4, -0.2) is 33.9 Å². The smallest absolute Gasteiger partial charge is 0.246 e. The quantitative estimate of drug-likeness (QED) is 0.867. The first kappa shape index (κ1) is 13.9. The normalized spacial score (nSPS) is 21.4. The standard InChI is InChI=1S/C16H20N2O3/c19-13-6-4-5-12(9-13)11-18-14(20)10-17-15(21)16(18)7-2-1-3-8-16/h4-6,9,19H,1-3,7-8,10-11H2,(H,17,21). The lowest BCUT2D eigenvalue weighted by Crippen LogP contribution is -2.67. The molecule has 1 saturated carbocycles. The number of nitrogens with zero attached hydrogens (tertiary/aromatic N) is 1. The zero-order chi connectivity index (χ0) is 14.9. The number of carbonyl (C=O) groups is 2. The van der Waals surface area contributed by atoms with Crippen LogP contribution in [0.1, 0.15) is 37.7 Å². The van der Waals surface area contributed by atoms with Crippen molar-refractivity contribution in [3.8, 4) is 5.75 Å². The van der Waals surface area contributed by atoms with Crippen molar-refractivity contribution in [2.45, 2.75) is 44.2 Å². The number of aromatic hydroxyl groups is 1. The Hall–Kier alpha value is -2.04. The third-order valence-corrected chi connectivity index (χ3v) is 4.57. The van der Waals surface area contributed by atoms with Crippen molar-refractivity contribution in [2.24, 2.45) is 0 Å². The monoisotopic (exact) mass is 288 g/mol. The van der Waals surface area contributed by atoms with Crippen molar-refractivity contribution in [2.75, 3.05) is 6.54 Å². The van der Waals surface area contributed by atoms with Gasteiger partial charge in [0.15, 0.2) is 0 Å². The molecule has 21 heavy (non-hydrogen) atoms. The fraction of sp³-hybridized carbons (Fsp3) is 0.500. The van der Waals surface area contributed by atoms with Gasteiger partial charge in [0.05, 0.1) is 6.54 Å². The molecule has 0 bridgehead atoms. The summed E-state index contributed by atoms with van der Waals surface area (Å²) in [6.45, 7) is 0.444. The number of carbonyl (C=O) groups excluding carboxylic acids is 2. The number of nitrogens with one attached hydrogen (secondary N) is 1. The molecule has 0 radical (unpaired) electrons. The van der Waals surface area contributed by atoms with Gasteiger partial charge in [0.2, 0.25) is 11.8 Å². The van der Waals surface area contributed by atoms with Gasteiger partial charge in [-0.1, -0.05) is 31.4 Å². The molecule has 5 nitrogen and oxygen atoms in total. The maximum absolute atomic E-state index is 12.4. The Labute approximate surface area is 123 Å². The summed E-state index contributed by atoms with van der Waals surface area (Å²) in [6.07, 6.45) is 4.50. The van der Waals surface area contributed by atoms with E-state index in [-0.39, 0.29) is 24.1 Å². The fourth-order valence-electron chi connectivity index (χ4n) is 3.49. The molecule has 2 amide bonds. The van der Waals surface area contributed by atoms with Crippen LogP contribution < -0.4 is 5.32 Å². The Morgan fingerprint density at radius 3 is 2.67 bits per heavy atom. The molecule has 0 atom stereocenters. The van der Waals surface area contributed by atoms with Crippen LogP contribution in [0.25, 0.3) is 0 Å². The zero-order valence-corrected chi connectivity index (χ0v) is 12.0. The fourth-order valence-corrected chi connectivity index (χ4v) is 3.49. The van der Waals surface area contributed by atoms with Crippen LogP contribution in [0.4, 0.5) is 0 Å². The molecule has 1 aliphatic heterocycles. The van der Waals surface area contributed by atoms with Crippen LogP contribution in [0.5, 0.6) is 5.75 Å². The maximum Gasteiger partial charge on any atom is 0.246 e. The highest BCUT2D eigenvalue weighted by atomic mass is 16.3. The van der Waals surface area contributed by atoms with Crippen LogP contribution >= 0.6 is 0 Å². The van der Waals surface area contributed by atoms with Crippen LogP contribution in [0.15, 0.2) is 24.3 Å². The van der Waals surface area contributed by atoms with Crippen molar-refractivity contribution >= 4 is 11.8 Å². The Morgan fingerprint density at radius 1 is 1.19 bits per heavy atom. The van der Waals surface area contributed by atoms with E-state index in [1.165, 1.54) is 0 Å². The summed E-state index contributed by atoms with van der Waals surface area (Å²) in [4.78, 5) is 26.5. The van der Waals surface area contributed by atoms with Crippen molar-refractivity contribution in [1.29, 1.82) is 0 Å². The number of hydrogen-bond acceptors (Lipinski definition) is 3. The van der Waals surface area contributed by atoms with E-state index >= 15 is 0 Å². The predicted molar refractivity (Wildman–Crippen MR) is 77.5 cm³/mol. The lowest BCUT2D eigenvalue weighted by Gasteiger charge is -2.47. The topological polar surface area (TPSA) is 69.6 Å². The minimum Gasteiger partial charge on any atom is -0.508 e. The molecule has 112 valence electrons. The van der Waals surface area contributed by atoms with Crippen molar-refractivity contribution in [3.05, 3.63) is 29.8 Å². The summed E-state index contributed by atoms with van der Waals surface area (Å²) in [5.74, 6) is 0.112. The van der Waals surface area contributed by atoms with Crippen LogP contribution in [0, 0.1) is 0 Å². The van der Waals surface area contributed by atoms with Gasteiger partial charge < -0.3 is 15.3 Å². The van der Waals surface area contributed by atoms with E-state index in [4.69, 9.17) is 0 Å². The SMILES string of the molecule is O=C1CNC(=O)C2(CCCCC2)N1Cc1cccc(O)c1. The Morgan fingerprint density at radius 2 is 1.95 bits per heavy atom. The van der Waals surface area contributed by atoms with E-state index in [2.05, 4.69) is 5.32 Å². The van der Waals surface area contributed by atoms with E-state index in [0.29, 0.717) is 6.54 Å². The Kier molecular flexibility index (Phi) is 3.57. The van der Waals surface area contributed by atoms with Gasteiger partial charge in [0.1, 0.15) is 11.3 Å². The van der Waals surface area contributed by atoms with Crippen molar-refractivity contribution in [3.63, 3.8) is 0 Å². The molecule has 0 unspecified atom stereocenters. The molecule has 2 aliphatic rings. The number of benzene rings is 1. The minimum absolute atomic E-state index is 0.0260. The summed E-state index contributed by atoms with van der Waals surface area (Å²) < 4.78 is 0. The van der Waals surface area contributed by atoms with E-state index in [1.807, 2.05) is 6.07 Å². The van der Waals surface area contributed by atoms with Crippen molar-refractivity contribution < 1.29 is 14.7 Å². The molecule has 1 aromatic carbocycles. The third kappa shape index (κ3) is 2.48. The lowest BCUT2D eigenvalue weighted by molar-refractivity contribution is -0.157. The first-order valence-electron chi connectivity index (χ1n) is 7.48. The number of phenols is 1. The molecule has 2 N–H and O–H groups in total. The van der Waals surface area contributed by atoms with Crippen molar-refractivity contribution in [1.82, 2.24) is 10.2 Å². The summed E-state index contributed by atoms with van der Waals surface area (Å²) >= 11 is 0. The number of hydrogen-bond donors (Lipinski definition) is 2. The molecule has 1 aliphatic carbocycles. The first-order valence-corrected chi connectivity index (χ1v) is 7.48. The maximum atomic E-state index is 12.4. The highest BCUT2D eigenvalue weighted by molar-refractivity contribution is 5.98. The molecule has 2 fully saturated rings. The first-order chi connectivity index (χ1) is 10.1. The number of rotatable bonds is 2. The second-order valence-corrected chi connectivity index (χ2v) is 5.92. The van der Waals surface area contributed by atoms with Gasteiger partial charge in [-0.05, 0) is 30.5 Å². The van der Waals surface area contributed by atoms with Gasteiger partial charge in [-0.2, -0.15) is 0 Å². The van der Waals surface area contributed by atoms with E-state index in [0.717, 1.165) is 37.7 Å². The van der Waals surface area contributed by atoms with Gasteiger partial charge in [0.25, 0.3) is 0 Å². The zero-order valence-electron chi connectivity index (χ0n) is 12.0. The molecule has 1 heterocycles. The Balaban J connectivity index is 1.91. The summed E-state index contributed by atoms with van der Waals surface area (Å²) in [5, 5.41) is 12.3. The summed E-state index contributed by atoms with van der Waals surface area (Å²) in [7, 11) is 0. The minimum atomic E-state index is -0.695. The highest BCUT2D eigenvalue weighted by Crippen LogP contribution is 2.36. The lowest BCUT2D eigenvalue weighted by atomic mass is 9.78. The van der Waals surface area contributed by atoms with Gasteiger partial charge in [-0.15, -0.1) is 0 Å². The number of piperazine rings is 1. The highest BCUT2D eigenvalue weighted by Gasteiger charge is 2.49. The Bertz CT molecular complexity index is 564. The molecule has 5 heteroatoms. The van der Waals surface area contributed by atoms with Gasteiger partial charge in [-0.25, -0.2) is 0 Å². The van der Waals surface area contributed by atoms with E-state index in [1.54, 1.807) is 23.1 Å². The third-order valence-electron chi connectivity index (χ3n) is 4.57. The van der Waals surface area contributed by atoms with E-state index in [9.17, 15) is 14.7 Å². The summed E-state index contributed by atoms with van der Waals surface area (Å²) in [5.41, 5.74) is 0.155. The van der Waals surface area contributed by atoms with Gasteiger partial charge in [0, 0.05) is 6.54 Å². The van der Waals surface area contributed by atoms with E-state index < -0.39 is 5.54 Å². The molecule has 3 rings (SSSR count). The molecule has 1 spiro atoms. The molecule has 1 aromatic rings. The second kappa shape index (κ2) is 5.39.